The van der Waals surface area contributed by atoms with Crippen molar-refractivity contribution in [3.63, 3.8) is 0 Å². The first kappa shape index (κ1) is 10.1. The number of hydrogen-bond donors (Lipinski definition) is 1. The molecular formula is C9H14N2O2. The summed E-state index contributed by atoms with van der Waals surface area (Å²) in [6.07, 6.45) is 0.814. The fraction of sp³-hybridized carbons (Fsp3) is 0.444. The van der Waals surface area contributed by atoms with E-state index < -0.39 is 0 Å². The molecule has 0 atom stereocenters. The number of ether oxygens (including phenoxy) is 1. The van der Waals surface area contributed by atoms with Gasteiger partial charge >= 0.3 is 0 Å². The van der Waals surface area contributed by atoms with E-state index in [2.05, 4.69) is 9.82 Å². The van der Waals surface area contributed by atoms with Crippen molar-refractivity contribution in [1.29, 1.82) is 0 Å². The Labute approximate surface area is 77.6 Å². The van der Waals surface area contributed by atoms with Crippen molar-refractivity contribution < 1.29 is 9.57 Å². The van der Waals surface area contributed by atoms with E-state index >= 15 is 0 Å². The Morgan fingerprint density at radius 2 is 2.15 bits per heavy atom. The van der Waals surface area contributed by atoms with Crippen LogP contribution in [0.3, 0.4) is 0 Å². The Hall–Kier alpha value is -0.970. The molecule has 0 aliphatic rings. The molecule has 0 bridgehead atoms. The molecule has 1 heterocycles. The summed E-state index contributed by atoms with van der Waals surface area (Å²) >= 11 is 0. The molecule has 72 valence electrons. The zero-order chi connectivity index (χ0) is 9.52. The molecule has 0 aromatic carbocycles. The molecule has 1 rings (SSSR count). The Bertz CT molecular complexity index is 253. The van der Waals surface area contributed by atoms with E-state index in [0.29, 0.717) is 13.2 Å². The van der Waals surface area contributed by atoms with Gasteiger partial charge in [0.1, 0.15) is 6.61 Å². The van der Waals surface area contributed by atoms with E-state index in [4.69, 9.17) is 10.6 Å². The number of nitrogens with two attached hydrogens (primary N) is 1. The van der Waals surface area contributed by atoms with Crippen LogP contribution in [-0.4, -0.2) is 18.7 Å². The molecule has 4 heteroatoms. The average molecular weight is 182 g/mol. The van der Waals surface area contributed by atoms with Gasteiger partial charge in [0.2, 0.25) is 0 Å². The molecule has 0 aliphatic carbocycles. The zero-order valence-electron chi connectivity index (χ0n) is 7.69. The summed E-state index contributed by atoms with van der Waals surface area (Å²) < 4.78 is 4.95. The maximum Gasteiger partial charge on any atom is 0.110 e. The lowest BCUT2D eigenvalue weighted by Crippen LogP contribution is -2.04. The third-order valence-electron chi connectivity index (χ3n) is 1.66. The number of rotatable bonds is 5. The van der Waals surface area contributed by atoms with Crippen molar-refractivity contribution >= 4 is 0 Å². The maximum atomic E-state index is 4.95. The minimum Gasteiger partial charge on any atom is -0.384 e. The van der Waals surface area contributed by atoms with Gasteiger partial charge in [0.25, 0.3) is 0 Å². The Morgan fingerprint density at radius 1 is 1.38 bits per heavy atom. The quantitative estimate of drug-likeness (QED) is 0.680. The summed E-state index contributed by atoms with van der Waals surface area (Å²) in [5.41, 5.74) is 1.84. The molecule has 0 amide bonds. The molecular weight excluding hydrogens is 168 g/mol. The van der Waals surface area contributed by atoms with Gasteiger partial charge in [-0.2, -0.15) is 0 Å². The fourth-order valence-corrected chi connectivity index (χ4v) is 1.04. The second kappa shape index (κ2) is 5.64. The van der Waals surface area contributed by atoms with Crippen molar-refractivity contribution in [2.45, 2.75) is 13.0 Å². The van der Waals surface area contributed by atoms with Crippen molar-refractivity contribution in [2.75, 3.05) is 13.7 Å². The summed E-state index contributed by atoms with van der Waals surface area (Å²) in [5, 5.41) is 0. The van der Waals surface area contributed by atoms with Crippen LogP contribution in [0.25, 0.3) is 0 Å². The van der Waals surface area contributed by atoms with Gasteiger partial charge in [0.05, 0.1) is 12.3 Å². The van der Waals surface area contributed by atoms with Crippen LogP contribution in [0.5, 0.6) is 0 Å². The number of pyridine rings is 1. The van der Waals surface area contributed by atoms with E-state index in [1.807, 2.05) is 18.2 Å². The number of nitrogens with zero attached hydrogens (tertiary/aromatic N) is 1. The smallest absolute Gasteiger partial charge is 0.110 e. The highest BCUT2D eigenvalue weighted by Gasteiger charge is 1.97. The van der Waals surface area contributed by atoms with Gasteiger partial charge in [-0.05, 0) is 12.1 Å². The highest BCUT2D eigenvalue weighted by molar-refractivity contribution is 5.10. The average Bonchev–Trinajstić information content (AvgIpc) is 2.16. The number of methoxy groups -OCH3 is 1. The van der Waals surface area contributed by atoms with Crippen molar-refractivity contribution in [3.8, 4) is 0 Å². The first-order chi connectivity index (χ1) is 6.36. The van der Waals surface area contributed by atoms with Crippen LogP contribution in [0.4, 0.5) is 0 Å². The minimum absolute atomic E-state index is 0.348. The second-order valence-electron chi connectivity index (χ2n) is 2.67. The lowest BCUT2D eigenvalue weighted by atomic mass is 10.2. The summed E-state index contributed by atoms with van der Waals surface area (Å²) in [4.78, 5) is 8.81. The van der Waals surface area contributed by atoms with Crippen LogP contribution in [-0.2, 0) is 22.6 Å². The summed E-state index contributed by atoms with van der Waals surface area (Å²) in [6.45, 7) is 1.03. The minimum atomic E-state index is 0.348. The summed E-state index contributed by atoms with van der Waals surface area (Å²) in [5.74, 6) is 4.95. The van der Waals surface area contributed by atoms with Gasteiger partial charge in [0, 0.05) is 19.2 Å². The molecule has 0 unspecified atom stereocenters. The summed E-state index contributed by atoms with van der Waals surface area (Å²) in [7, 11) is 1.67. The van der Waals surface area contributed by atoms with Gasteiger partial charge < -0.3 is 4.74 Å². The third-order valence-corrected chi connectivity index (χ3v) is 1.66. The fourth-order valence-electron chi connectivity index (χ4n) is 1.04. The number of aromatic nitrogens is 1. The van der Waals surface area contributed by atoms with Crippen LogP contribution < -0.4 is 5.90 Å². The number of hydrogen-bond acceptors (Lipinski definition) is 4. The van der Waals surface area contributed by atoms with E-state index in [0.717, 1.165) is 17.8 Å². The Kier molecular flexibility index (Phi) is 4.39. The van der Waals surface area contributed by atoms with Gasteiger partial charge in [-0.3, -0.25) is 9.82 Å². The molecule has 2 N–H and O–H groups in total. The lowest BCUT2D eigenvalue weighted by molar-refractivity contribution is 0.121. The molecule has 0 radical (unpaired) electrons. The van der Waals surface area contributed by atoms with E-state index in [9.17, 15) is 0 Å². The van der Waals surface area contributed by atoms with Crippen molar-refractivity contribution in [2.24, 2.45) is 5.90 Å². The van der Waals surface area contributed by atoms with E-state index in [1.165, 1.54) is 0 Å². The first-order valence-corrected chi connectivity index (χ1v) is 4.12. The topological polar surface area (TPSA) is 57.4 Å². The summed E-state index contributed by atoms with van der Waals surface area (Å²) in [6, 6.07) is 5.77. The second-order valence-corrected chi connectivity index (χ2v) is 2.67. The Morgan fingerprint density at radius 3 is 2.85 bits per heavy atom. The van der Waals surface area contributed by atoms with Crippen LogP contribution in [0.15, 0.2) is 18.2 Å². The lowest BCUT2D eigenvalue weighted by Gasteiger charge is -2.02. The molecule has 13 heavy (non-hydrogen) atoms. The molecule has 0 spiro atoms. The maximum absolute atomic E-state index is 4.95. The largest absolute Gasteiger partial charge is 0.384 e. The van der Waals surface area contributed by atoms with E-state index in [1.54, 1.807) is 7.11 Å². The zero-order valence-corrected chi connectivity index (χ0v) is 7.69. The monoisotopic (exact) mass is 182 g/mol. The van der Waals surface area contributed by atoms with Gasteiger partial charge in [-0.25, -0.2) is 5.90 Å². The van der Waals surface area contributed by atoms with Crippen molar-refractivity contribution in [1.82, 2.24) is 4.98 Å². The molecule has 1 aromatic heterocycles. The van der Waals surface area contributed by atoms with Gasteiger partial charge in [0.15, 0.2) is 0 Å². The van der Waals surface area contributed by atoms with Gasteiger partial charge in [-0.1, -0.05) is 6.07 Å². The third kappa shape index (κ3) is 3.50. The highest BCUT2D eigenvalue weighted by atomic mass is 16.6. The SMILES string of the molecule is COCCc1cccc(CON)n1. The molecule has 0 fully saturated rings. The van der Waals surface area contributed by atoms with Crippen molar-refractivity contribution in [3.05, 3.63) is 29.6 Å². The predicted octanol–water partition coefficient (Wildman–Crippen LogP) is 0.661. The predicted molar refractivity (Wildman–Crippen MR) is 48.8 cm³/mol. The Balaban J connectivity index is 2.56. The highest BCUT2D eigenvalue weighted by Crippen LogP contribution is 2.01. The normalized spacial score (nSPS) is 10.3. The van der Waals surface area contributed by atoms with E-state index in [-0.39, 0.29) is 0 Å². The molecule has 4 nitrogen and oxygen atoms in total. The standard InChI is InChI=1S/C9H14N2O2/c1-12-6-5-8-3-2-4-9(11-8)7-13-10/h2-4H,5-7,10H2,1H3. The first-order valence-electron chi connectivity index (χ1n) is 4.12. The molecule has 0 aliphatic heterocycles. The molecule has 1 aromatic rings. The molecule has 0 saturated heterocycles. The van der Waals surface area contributed by atoms with Crippen LogP contribution >= 0.6 is 0 Å². The van der Waals surface area contributed by atoms with Crippen LogP contribution in [0.1, 0.15) is 11.4 Å². The molecule has 0 saturated carbocycles. The van der Waals surface area contributed by atoms with Crippen LogP contribution in [0, 0.1) is 0 Å². The van der Waals surface area contributed by atoms with Crippen LogP contribution in [0.2, 0.25) is 0 Å². The van der Waals surface area contributed by atoms with Gasteiger partial charge in [-0.15, -0.1) is 0 Å².